The molecule has 11 nitrogen and oxygen atoms in total. The predicted octanol–water partition coefficient (Wildman–Crippen LogP) is 4.30. The van der Waals surface area contributed by atoms with Gasteiger partial charge < -0.3 is 20.3 Å². The predicted molar refractivity (Wildman–Crippen MR) is 169 cm³/mol. The summed E-state index contributed by atoms with van der Waals surface area (Å²) in [5, 5.41) is 12.0. The van der Waals surface area contributed by atoms with E-state index in [-0.39, 0.29) is 35.6 Å². The lowest BCUT2D eigenvalue weighted by atomic mass is 9.49. The Hall–Kier alpha value is -5.16. The van der Waals surface area contributed by atoms with Crippen molar-refractivity contribution in [3.8, 4) is 17.2 Å². The number of phenolic OH excluding ortho intramolecular Hbond substituents is 1. The summed E-state index contributed by atoms with van der Waals surface area (Å²) in [7, 11) is 2.85. The quantitative estimate of drug-likeness (QED) is 0.304. The van der Waals surface area contributed by atoms with Crippen LogP contribution >= 0.6 is 11.6 Å². The fraction of sp³-hybridized carbons (Fsp3) is 0.286. The van der Waals surface area contributed by atoms with Crippen molar-refractivity contribution in [1.29, 1.82) is 0 Å². The third kappa shape index (κ3) is 4.15. The molecule has 12 heteroatoms. The van der Waals surface area contributed by atoms with Gasteiger partial charge in [0.05, 0.1) is 43.1 Å². The van der Waals surface area contributed by atoms with Gasteiger partial charge in [0.25, 0.3) is 0 Å². The Labute approximate surface area is 274 Å². The van der Waals surface area contributed by atoms with Gasteiger partial charge in [-0.2, -0.15) is 4.90 Å². The number of hydrogen-bond donors (Lipinski definition) is 2. The number of likely N-dealkylation sites (tertiary alicyclic amines) is 1. The fourth-order valence-corrected chi connectivity index (χ4v) is 8.62. The molecule has 2 aliphatic carbocycles. The second kappa shape index (κ2) is 11.0. The van der Waals surface area contributed by atoms with Crippen LogP contribution < -0.4 is 20.1 Å². The number of halogens is 1. The number of rotatable bonds is 5. The topological polar surface area (TPSA) is 157 Å². The van der Waals surface area contributed by atoms with E-state index in [1.54, 1.807) is 60.7 Å². The van der Waals surface area contributed by atoms with E-state index in [4.69, 9.17) is 26.8 Å². The molecule has 3 N–H and O–H groups in total. The van der Waals surface area contributed by atoms with Crippen molar-refractivity contribution >= 4 is 46.9 Å². The molecule has 0 spiro atoms. The summed E-state index contributed by atoms with van der Waals surface area (Å²) in [5.74, 6) is -7.05. The Morgan fingerprint density at radius 2 is 1.68 bits per heavy atom. The molecule has 3 fully saturated rings. The van der Waals surface area contributed by atoms with E-state index in [1.165, 1.54) is 26.4 Å². The molecule has 3 aromatic rings. The van der Waals surface area contributed by atoms with Crippen LogP contribution in [0.4, 0.5) is 10.5 Å². The number of imide groups is 4. The molecule has 2 heterocycles. The number of phenols is 1. The summed E-state index contributed by atoms with van der Waals surface area (Å²) < 4.78 is 11.2. The SMILES string of the molecule is COc1cc(O)c(C2C3=CCC4C(=O)N(C(N)=O)C(=O)C4C3CC3C(=O)N(c4cccc(Cl)c4)C(=O)C32c2ccccc2)c(OC)c1. The van der Waals surface area contributed by atoms with Gasteiger partial charge >= 0.3 is 6.03 Å². The van der Waals surface area contributed by atoms with E-state index in [2.05, 4.69) is 0 Å². The number of methoxy groups -OCH3 is 2. The standard InChI is InChI=1S/C35H30ClN3O8/c1-46-20-14-25(40)28(26(15-20)47-2)29-21-11-12-22-27(32(43)39(30(22)41)34(37)45)23(21)16-24-31(42)38(19-10-6-9-18(36)13-19)33(44)35(24,29)17-7-4-3-5-8-17/h3-11,13-15,22-24,27,29,40H,12,16H2,1-2H3,(H2,37,45). The molecule has 6 atom stereocenters. The lowest BCUT2D eigenvalue weighted by Gasteiger charge is -2.51. The van der Waals surface area contributed by atoms with Gasteiger partial charge in [-0.25, -0.2) is 9.69 Å². The first-order valence-electron chi connectivity index (χ1n) is 15.1. The largest absolute Gasteiger partial charge is 0.507 e. The van der Waals surface area contributed by atoms with E-state index < -0.39 is 64.7 Å². The molecular weight excluding hydrogens is 626 g/mol. The molecule has 6 unspecified atom stereocenters. The highest BCUT2D eigenvalue weighted by molar-refractivity contribution is 6.32. The van der Waals surface area contributed by atoms with Crippen LogP contribution in [-0.4, -0.2) is 53.9 Å². The van der Waals surface area contributed by atoms with Crippen molar-refractivity contribution in [2.75, 3.05) is 19.1 Å². The summed E-state index contributed by atoms with van der Waals surface area (Å²) in [6.07, 6.45) is 1.89. The molecule has 47 heavy (non-hydrogen) atoms. The lowest BCUT2D eigenvalue weighted by molar-refractivity contribution is -0.136. The number of anilines is 1. The van der Waals surface area contributed by atoms with Gasteiger partial charge in [-0.05, 0) is 42.5 Å². The number of carbonyl (C=O) groups excluding carboxylic acids is 5. The van der Waals surface area contributed by atoms with Crippen LogP contribution in [0.25, 0.3) is 0 Å². The van der Waals surface area contributed by atoms with Gasteiger partial charge in [0.2, 0.25) is 23.6 Å². The molecule has 0 bridgehead atoms. The van der Waals surface area contributed by atoms with Gasteiger partial charge in [0.15, 0.2) is 0 Å². The first kappa shape index (κ1) is 30.5. The Balaban J connectivity index is 1.55. The van der Waals surface area contributed by atoms with Crippen LogP contribution in [0.15, 0.2) is 78.4 Å². The van der Waals surface area contributed by atoms with Crippen molar-refractivity contribution in [2.45, 2.75) is 24.2 Å². The van der Waals surface area contributed by atoms with Crippen molar-refractivity contribution in [1.82, 2.24) is 4.90 Å². The summed E-state index contributed by atoms with van der Waals surface area (Å²) >= 11 is 6.33. The summed E-state index contributed by atoms with van der Waals surface area (Å²) in [4.78, 5) is 70.9. The van der Waals surface area contributed by atoms with E-state index >= 15 is 4.79 Å². The maximum absolute atomic E-state index is 15.3. The zero-order valence-corrected chi connectivity index (χ0v) is 26.1. The summed E-state index contributed by atoms with van der Waals surface area (Å²) in [6.45, 7) is 0. The number of aromatic hydroxyl groups is 1. The minimum Gasteiger partial charge on any atom is -0.507 e. The van der Waals surface area contributed by atoms with Gasteiger partial charge in [0.1, 0.15) is 17.2 Å². The number of hydrogen-bond acceptors (Lipinski definition) is 8. The van der Waals surface area contributed by atoms with Crippen molar-refractivity contribution in [3.63, 3.8) is 0 Å². The van der Waals surface area contributed by atoms with Crippen LogP contribution in [0.1, 0.15) is 29.9 Å². The highest BCUT2D eigenvalue weighted by Gasteiger charge is 2.71. The van der Waals surface area contributed by atoms with Gasteiger partial charge in [-0.15, -0.1) is 0 Å². The summed E-state index contributed by atoms with van der Waals surface area (Å²) in [6, 6.07) is 17.1. The molecule has 3 aromatic carbocycles. The molecule has 2 saturated heterocycles. The Morgan fingerprint density at radius 3 is 2.34 bits per heavy atom. The van der Waals surface area contributed by atoms with E-state index in [0.29, 0.717) is 26.8 Å². The number of ether oxygens (including phenoxy) is 2. The second-order valence-corrected chi connectivity index (χ2v) is 12.6. The highest BCUT2D eigenvalue weighted by Crippen LogP contribution is 2.66. The molecule has 7 rings (SSSR count). The molecule has 0 radical (unpaired) electrons. The average Bonchev–Trinajstić information content (AvgIpc) is 3.45. The Bertz CT molecular complexity index is 1910. The Morgan fingerprint density at radius 1 is 0.936 bits per heavy atom. The molecule has 240 valence electrons. The Kier molecular flexibility index (Phi) is 7.12. The van der Waals surface area contributed by atoms with E-state index in [9.17, 15) is 24.3 Å². The first-order chi connectivity index (χ1) is 22.6. The molecule has 2 aliphatic heterocycles. The zero-order valence-electron chi connectivity index (χ0n) is 25.4. The lowest BCUT2D eigenvalue weighted by Crippen LogP contribution is -2.53. The molecule has 1 saturated carbocycles. The highest BCUT2D eigenvalue weighted by atomic mass is 35.5. The van der Waals surface area contributed by atoms with Crippen molar-refractivity contribution < 1.29 is 38.6 Å². The number of primary amides is 1. The minimum absolute atomic E-state index is 0.00485. The monoisotopic (exact) mass is 655 g/mol. The maximum Gasteiger partial charge on any atom is 0.328 e. The number of carbonyl (C=O) groups is 5. The maximum atomic E-state index is 15.3. The number of amides is 6. The number of urea groups is 1. The van der Waals surface area contributed by atoms with E-state index in [0.717, 1.165) is 4.90 Å². The van der Waals surface area contributed by atoms with Gasteiger partial charge in [0, 0.05) is 28.6 Å². The minimum atomic E-state index is -1.63. The van der Waals surface area contributed by atoms with Crippen molar-refractivity contribution in [2.24, 2.45) is 29.4 Å². The number of allylic oxidation sites excluding steroid dienone is 2. The molecule has 4 aliphatic rings. The van der Waals surface area contributed by atoms with Gasteiger partial charge in [-0.3, -0.25) is 19.2 Å². The number of nitrogens with zero attached hydrogens (tertiary/aromatic N) is 2. The third-order valence-electron chi connectivity index (χ3n) is 10.2. The van der Waals surface area contributed by atoms with Crippen molar-refractivity contribution in [3.05, 3.63) is 94.5 Å². The smallest absolute Gasteiger partial charge is 0.328 e. The number of nitrogens with two attached hydrogens (primary N) is 1. The third-order valence-corrected chi connectivity index (χ3v) is 10.5. The second-order valence-electron chi connectivity index (χ2n) is 12.2. The van der Waals surface area contributed by atoms with Crippen LogP contribution in [0.3, 0.4) is 0 Å². The normalized spacial score (nSPS) is 28.1. The molecular formula is C35H30ClN3O8. The summed E-state index contributed by atoms with van der Waals surface area (Å²) in [5.41, 5.74) is 5.42. The zero-order chi connectivity index (χ0) is 33.4. The first-order valence-corrected chi connectivity index (χ1v) is 15.5. The van der Waals surface area contributed by atoms with Gasteiger partial charge in [-0.1, -0.05) is 59.6 Å². The van der Waals surface area contributed by atoms with Crippen LogP contribution in [0.2, 0.25) is 5.02 Å². The number of fused-ring (bicyclic) bond motifs is 4. The van der Waals surface area contributed by atoms with Crippen LogP contribution in [-0.2, 0) is 24.6 Å². The molecule has 6 amide bonds. The average molecular weight is 656 g/mol. The van der Waals surface area contributed by atoms with Crippen LogP contribution in [0.5, 0.6) is 17.2 Å². The van der Waals surface area contributed by atoms with E-state index in [1.807, 2.05) is 0 Å². The fourth-order valence-electron chi connectivity index (χ4n) is 8.44. The van der Waals surface area contributed by atoms with Crippen LogP contribution in [0, 0.1) is 23.7 Å². The number of benzene rings is 3. The molecule has 0 aromatic heterocycles.